The predicted molar refractivity (Wildman–Crippen MR) is 169 cm³/mol. The maximum absolute atomic E-state index is 14.5. The number of pyridine rings is 2. The zero-order valence-electron chi connectivity index (χ0n) is 25.4. The summed E-state index contributed by atoms with van der Waals surface area (Å²) < 4.78 is 66.5. The van der Waals surface area contributed by atoms with E-state index in [2.05, 4.69) is 15.6 Å². The van der Waals surface area contributed by atoms with Crippen LogP contribution in [-0.2, 0) is 17.3 Å². The standard InChI is InChI=1S/C30H30Cl2F3N4O7P/c1-29(2,3)37-14-22(40)16-5-6-17(24(11-16)46-47(42,43)44)15-39-25(30(33,34)35)10-8-18-19(7-9-23(45-4)27(18)39)28(41)38-26-20(31)12-36-13-21(26)32/h5-13,22,37,40H,14-15H2,1-4H3,(H2-,36,38,41,42,43,44)/p+1. The first kappa shape index (κ1) is 36.3. The highest BCUT2D eigenvalue weighted by Gasteiger charge is 2.43. The summed E-state index contributed by atoms with van der Waals surface area (Å²) in [5.41, 5.74) is -1.61. The lowest BCUT2D eigenvalue weighted by Crippen LogP contribution is -2.44. The minimum absolute atomic E-state index is 0.0263. The smallest absolute Gasteiger partial charge is 0.490 e. The summed E-state index contributed by atoms with van der Waals surface area (Å²) in [5.74, 6) is -1.26. The summed E-state index contributed by atoms with van der Waals surface area (Å²) in [5, 5.41) is 16.5. The van der Waals surface area contributed by atoms with Gasteiger partial charge < -0.3 is 25.0 Å². The van der Waals surface area contributed by atoms with Crippen molar-refractivity contribution in [3.8, 4) is 11.5 Å². The Balaban J connectivity index is 1.90. The number of aliphatic hydroxyl groups is 1. The molecule has 4 aromatic rings. The lowest BCUT2D eigenvalue weighted by Gasteiger charge is -2.23. The molecule has 4 rings (SSSR count). The first-order valence-electron chi connectivity index (χ1n) is 13.8. The minimum Gasteiger partial charge on any atom is -0.490 e. The van der Waals surface area contributed by atoms with E-state index in [4.69, 9.17) is 32.5 Å². The van der Waals surface area contributed by atoms with Gasteiger partial charge in [-0.2, -0.15) is 17.7 Å². The number of fused-ring (bicyclic) bond motifs is 1. The highest BCUT2D eigenvalue weighted by atomic mass is 35.5. The summed E-state index contributed by atoms with van der Waals surface area (Å²) in [6, 6.07) is 8.39. The first-order valence-corrected chi connectivity index (χ1v) is 16.1. The van der Waals surface area contributed by atoms with Crippen LogP contribution in [-0.4, -0.2) is 45.0 Å². The normalized spacial score (nSPS) is 13.0. The van der Waals surface area contributed by atoms with E-state index in [0.29, 0.717) is 0 Å². The summed E-state index contributed by atoms with van der Waals surface area (Å²) >= 11 is 12.3. The summed E-state index contributed by atoms with van der Waals surface area (Å²) in [4.78, 5) is 36.6. The zero-order valence-corrected chi connectivity index (χ0v) is 27.8. The van der Waals surface area contributed by atoms with Crippen molar-refractivity contribution in [2.45, 2.75) is 45.1 Å². The topological polar surface area (TPSA) is 154 Å². The summed E-state index contributed by atoms with van der Waals surface area (Å²) in [7, 11) is -3.98. The van der Waals surface area contributed by atoms with E-state index >= 15 is 0 Å². The molecule has 2 aromatic heterocycles. The quantitative estimate of drug-likeness (QED) is 0.0975. The van der Waals surface area contributed by atoms with E-state index in [-0.39, 0.29) is 61.2 Å². The van der Waals surface area contributed by atoms with Gasteiger partial charge in [0.1, 0.15) is 5.75 Å². The number of aromatic nitrogens is 2. The molecule has 1 atom stereocenters. The molecule has 0 aliphatic carbocycles. The number of nitrogens with one attached hydrogen (secondary N) is 2. The van der Waals surface area contributed by atoms with E-state index in [0.717, 1.165) is 22.8 Å². The highest BCUT2D eigenvalue weighted by Crippen LogP contribution is 2.41. The monoisotopic (exact) mass is 717 g/mol. The Labute approximate surface area is 277 Å². The second-order valence-corrected chi connectivity index (χ2v) is 13.4. The number of benzene rings is 2. The van der Waals surface area contributed by atoms with E-state index in [1.165, 1.54) is 43.8 Å². The van der Waals surface area contributed by atoms with Crippen LogP contribution in [0.1, 0.15) is 54.1 Å². The molecule has 2 heterocycles. The molecule has 0 spiro atoms. The number of alkyl halides is 3. The van der Waals surface area contributed by atoms with Crippen LogP contribution in [0, 0.1) is 0 Å². The van der Waals surface area contributed by atoms with Crippen LogP contribution in [0.4, 0.5) is 18.9 Å². The van der Waals surface area contributed by atoms with Crippen molar-refractivity contribution in [3.63, 3.8) is 0 Å². The van der Waals surface area contributed by atoms with Crippen molar-refractivity contribution >= 4 is 53.5 Å². The minimum atomic E-state index is -5.21. The van der Waals surface area contributed by atoms with Gasteiger partial charge >= 0.3 is 14.0 Å². The molecule has 1 unspecified atom stereocenters. The number of nitrogens with zero attached hydrogens (tertiary/aromatic N) is 2. The summed E-state index contributed by atoms with van der Waals surface area (Å²) in [6.07, 6.45) is -3.57. The average Bonchev–Trinajstić information content (AvgIpc) is 2.96. The average molecular weight is 718 g/mol. The van der Waals surface area contributed by atoms with Gasteiger partial charge in [0.15, 0.2) is 12.3 Å². The molecule has 0 bridgehead atoms. The van der Waals surface area contributed by atoms with Crippen LogP contribution in [0.5, 0.6) is 11.5 Å². The maximum atomic E-state index is 14.5. The highest BCUT2D eigenvalue weighted by molar-refractivity contribution is 7.46. The largest absolute Gasteiger partial charge is 0.524 e. The van der Waals surface area contributed by atoms with E-state index in [1.54, 1.807) is 0 Å². The number of ether oxygens (including phenoxy) is 1. The number of phosphoric acid groups is 1. The molecular weight excluding hydrogens is 687 g/mol. The molecule has 0 saturated heterocycles. The Bertz CT molecular complexity index is 1850. The lowest BCUT2D eigenvalue weighted by molar-refractivity contribution is -0.682. The van der Waals surface area contributed by atoms with Crippen LogP contribution in [0.2, 0.25) is 10.0 Å². The predicted octanol–water partition coefficient (Wildman–Crippen LogP) is 6.05. The Kier molecular flexibility index (Phi) is 10.8. The molecule has 1 amide bonds. The second-order valence-electron chi connectivity index (χ2n) is 11.4. The number of amides is 1. The number of halogens is 5. The number of aliphatic hydroxyl groups excluding tert-OH is 1. The Morgan fingerprint density at radius 1 is 1.04 bits per heavy atom. The Morgan fingerprint density at radius 3 is 2.28 bits per heavy atom. The lowest BCUT2D eigenvalue weighted by atomic mass is 10.0. The third kappa shape index (κ3) is 8.90. The van der Waals surface area contributed by atoms with Crippen molar-refractivity contribution in [2.24, 2.45) is 0 Å². The fraction of sp³-hybridized carbons (Fsp3) is 0.300. The number of phosphoric ester groups is 1. The third-order valence-corrected chi connectivity index (χ3v) is 7.85. The molecule has 17 heteroatoms. The van der Waals surface area contributed by atoms with Gasteiger partial charge in [0.25, 0.3) is 17.1 Å². The third-order valence-electron chi connectivity index (χ3n) is 6.84. The Morgan fingerprint density at radius 2 is 1.70 bits per heavy atom. The van der Waals surface area contributed by atoms with Crippen LogP contribution in [0.3, 0.4) is 0 Å². The fourth-order valence-corrected chi connectivity index (χ4v) is 5.59. The fourth-order valence-electron chi connectivity index (χ4n) is 4.71. The zero-order chi connectivity index (χ0) is 34.9. The number of hydrogen-bond acceptors (Lipinski definition) is 7. The van der Waals surface area contributed by atoms with Gasteiger partial charge in [-0.3, -0.25) is 19.6 Å². The van der Waals surface area contributed by atoms with Crippen molar-refractivity contribution in [1.82, 2.24) is 10.3 Å². The molecule has 5 N–H and O–H groups in total. The molecule has 0 saturated carbocycles. The van der Waals surface area contributed by atoms with E-state index in [9.17, 15) is 37.4 Å². The number of hydrogen-bond donors (Lipinski definition) is 5. The molecule has 0 aliphatic heterocycles. The number of rotatable bonds is 10. The van der Waals surface area contributed by atoms with Crippen molar-refractivity contribution in [2.75, 3.05) is 19.0 Å². The molecule has 11 nitrogen and oxygen atoms in total. The number of carbonyl (C=O) groups is 1. The SMILES string of the molecule is COc1ccc(C(=O)Nc2c(Cl)cncc2Cl)c2ccc(C(F)(F)F)[n+](Cc3ccc(C(O)CNC(C)(C)C)cc3OP(=O)(O)O)c12. The molecular formula is C30H31Cl2F3N4O7P+. The molecule has 0 aliphatic rings. The van der Waals surface area contributed by atoms with Crippen LogP contribution in [0.15, 0.2) is 54.9 Å². The van der Waals surface area contributed by atoms with Crippen molar-refractivity contribution < 1.29 is 51.3 Å². The van der Waals surface area contributed by atoms with Crippen LogP contribution < -0.4 is 24.5 Å². The van der Waals surface area contributed by atoms with Gasteiger partial charge in [-0.25, -0.2) is 4.57 Å². The molecule has 2 aromatic carbocycles. The maximum Gasteiger partial charge on any atom is 0.524 e. The molecule has 252 valence electrons. The number of anilines is 1. The van der Waals surface area contributed by atoms with Crippen LogP contribution in [0.25, 0.3) is 10.9 Å². The van der Waals surface area contributed by atoms with Gasteiger partial charge in [0.2, 0.25) is 0 Å². The van der Waals surface area contributed by atoms with Gasteiger partial charge in [-0.05, 0) is 56.7 Å². The van der Waals surface area contributed by atoms with E-state index < -0.39 is 44.0 Å². The van der Waals surface area contributed by atoms with Gasteiger partial charge in [0, 0.05) is 30.5 Å². The van der Waals surface area contributed by atoms with E-state index in [1.807, 2.05) is 20.8 Å². The Hall–Kier alpha value is -3.49. The number of β-amino-alcohol motifs (C(OH)–C–C–N with tert-alkyl or cyclic N) is 1. The first-order chi connectivity index (χ1) is 21.8. The molecule has 47 heavy (non-hydrogen) atoms. The number of methoxy groups -OCH3 is 1. The van der Waals surface area contributed by atoms with Crippen LogP contribution >= 0.6 is 31.0 Å². The van der Waals surface area contributed by atoms with Gasteiger partial charge in [-0.1, -0.05) is 29.3 Å². The summed E-state index contributed by atoms with van der Waals surface area (Å²) in [6.45, 7) is 5.03. The molecule has 0 fully saturated rings. The van der Waals surface area contributed by atoms with Crippen molar-refractivity contribution in [3.05, 3.63) is 87.3 Å². The van der Waals surface area contributed by atoms with Gasteiger partial charge in [0.05, 0.1) is 45.5 Å². The number of carbonyl (C=O) groups excluding carboxylic acids is 1. The molecule has 0 radical (unpaired) electrons. The van der Waals surface area contributed by atoms with Crippen molar-refractivity contribution in [1.29, 1.82) is 0 Å². The van der Waals surface area contributed by atoms with Gasteiger partial charge in [-0.15, -0.1) is 0 Å². The second kappa shape index (κ2) is 13.9.